The van der Waals surface area contributed by atoms with Gasteiger partial charge in [-0.25, -0.2) is 9.78 Å². The Labute approximate surface area is 110 Å². The summed E-state index contributed by atoms with van der Waals surface area (Å²) >= 11 is 0.994. The van der Waals surface area contributed by atoms with Crippen molar-refractivity contribution >= 4 is 17.1 Å². The first kappa shape index (κ1) is 12.6. The number of hydrogen-bond acceptors (Lipinski definition) is 4. The molecule has 18 heavy (non-hydrogen) atoms. The third-order valence-electron chi connectivity index (χ3n) is 2.30. The van der Waals surface area contributed by atoms with E-state index in [-0.39, 0.29) is 5.30 Å². The van der Waals surface area contributed by atoms with Crippen LogP contribution in [0.25, 0.3) is 0 Å². The average molecular weight is 259 g/mol. The highest BCUT2D eigenvalue weighted by Crippen LogP contribution is 2.17. The molecule has 0 N–H and O–H groups in total. The van der Waals surface area contributed by atoms with Gasteiger partial charge in [-0.1, -0.05) is 35.9 Å². The molecule has 1 heterocycles. The van der Waals surface area contributed by atoms with Crippen LogP contribution >= 0.6 is 11.8 Å². The fourth-order valence-electron chi connectivity index (χ4n) is 1.35. The molecular weight excluding hydrogens is 246 g/mol. The molecule has 2 rings (SSSR count). The van der Waals surface area contributed by atoms with E-state index in [0.29, 0.717) is 11.6 Å². The monoisotopic (exact) mass is 259 g/mol. The van der Waals surface area contributed by atoms with Gasteiger partial charge in [-0.05, 0) is 24.6 Å². The van der Waals surface area contributed by atoms with Gasteiger partial charge in [-0.15, -0.1) is 0 Å². The van der Waals surface area contributed by atoms with Crippen LogP contribution in [0.15, 0.2) is 53.7 Å². The number of aryl methyl sites for hydroxylation is 1. The molecule has 0 radical (unpaired) electrons. The second-order valence-electron chi connectivity index (χ2n) is 3.79. The standard InChI is InChI=1S/C14H13NO2S/c1-11-5-7-12(8-6-11)10-17-14(16)18-13-4-2-3-9-15-13/h2-9H,10H2,1H3. The molecule has 0 amide bonds. The van der Waals surface area contributed by atoms with Crippen molar-refractivity contribution in [3.63, 3.8) is 0 Å². The number of thioether (sulfide) groups is 1. The summed E-state index contributed by atoms with van der Waals surface area (Å²) < 4.78 is 5.16. The maximum Gasteiger partial charge on any atom is 0.373 e. The number of rotatable bonds is 3. The van der Waals surface area contributed by atoms with Gasteiger partial charge in [0.2, 0.25) is 0 Å². The van der Waals surface area contributed by atoms with Crippen molar-refractivity contribution in [1.29, 1.82) is 0 Å². The fraction of sp³-hybridized carbons (Fsp3) is 0.143. The fourth-order valence-corrected chi connectivity index (χ4v) is 1.90. The number of carbonyl (C=O) groups excluding carboxylic acids is 1. The van der Waals surface area contributed by atoms with Crippen LogP contribution in [-0.2, 0) is 11.3 Å². The predicted octanol–water partition coefficient (Wildman–Crippen LogP) is 3.82. The van der Waals surface area contributed by atoms with Gasteiger partial charge in [0.15, 0.2) is 0 Å². The van der Waals surface area contributed by atoms with Crippen LogP contribution in [-0.4, -0.2) is 10.3 Å². The second kappa shape index (κ2) is 6.21. The third kappa shape index (κ3) is 3.89. The molecule has 0 bridgehead atoms. The predicted molar refractivity (Wildman–Crippen MR) is 71.5 cm³/mol. The second-order valence-corrected chi connectivity index (χ2v) is 4.75. The molecule has 0 aliphatic carbocycles. The first-order valence-electron chi connectivity index (χ1n) is 5.55. The zero-order valence-electron chi connectivity index (χ0n) is 10.00. The van der Waals surface area contributed by atoms with Crippen molar-refractivity contribution in [2.24, 2.45) is 0 Å². The highest BCUT2D eigenvalue weighted by molar-refractivity contribution is 8.13. The molecule has 3 nitrogen and oxygen atoms in total. The van der Waals surface area contributed by atoms with E-state index in [0.717, 1.165) is 17.3 Å². The Morgan fingerprint density at radius 2 is 2.00 bits per heavy atom. The van der Waals surface area contributed by atoms with E-state index in [4.69, 9.17) is 4.74 Å². The molecule has 0 aliphatic rings. The summed E-state index contributed by atoms with van der Waals surface area (Å²) in [5.74, 6) is 0. The minimum Gasteiger partial charge on any atom is -0.452 e. The van der Waals surface area contributed by atoms with E-state index >= 15 is 0 Å². The maximum absolute atomic E-state index is 11.6. The highest BCUT2D eigenvalue weighted by atomic mass is 32.2. The molecule has 0 atom stereocenters. The zero-order valence-corrected chi connectivity index (χ0v) is 10.8. The summed E-state index contributed by atoms with van der Waals surface area (Å²) in [6.07, 6.45) is 1.65. The summed E-state index contributed by atoms with van der Waals surface area (Å²) in [6.45, 7) is 2.31. The normalized spacial score (nSPS) is 10.1. The number of ether oxygens (including phenoxy) is 1. The minimum atomic E-state index is -0.339. The number of carbonyl (C=O) groups is 1. The summed E-state index contributed by atoms with van der Waals surface area (Å²) in [5.41, 5.74) is 2.17. The molecule has 0 saturated carbocycles. The Morgan fingerprint density at radius 1 is 1.22 bits per heavy atom. The lowest BCUT2D eigenvalue weighted by Crippen LogP contribution is -1.98. The van der Waals surface area contributed by atoms with Crippen molar-refractivity contribution in [3.05, 3.63) is 59.8 Å². The van der Waals surface area contributed by atoms with Crippen LogP contribution in [0.2, 0.25) is 0 Å². The van der Waals surface area contributed by atoms with E-state index in [1.54, 1.807) is 12.3 Å². The van der Waals surface area contributed by atoms with Gasteiger partial charge < -0.3 is 4.74 Å². The van der Waals surface area contributed by atoms with E-state index in [2.05, 4.69) is 4.98 Å². The first-order chi connectivity index (χ1) is 8.74. The number of nitrogens with zero attached hydrogens (tertiary/aromatic N) is 1. The van der Waals surface area contributed by atoms with Gasteiger partial charge in [0, 0.05) is 18.0 Å². The summed E-state index contributed by atoms with van der Waals surface area (Å²) in [4.78, 5) is 15.6. The summed E-state index contributed by atoms with van der Waals surface area (Å²) in [5, 5.41) is 0.306. The Bertz CT molecular complexity index is 511. The minimum absolute atomic E-state index is 0.291. The van der Waals surface area contributed by atoms with Gasteiger partial charge >= 0.3 is 5.30 Å². The van der Waals surface area contributed by atoms with Gasteiger partial charge in [-0.2, -0.15) is 0 Å². The lowest BCUT2D eigenvalue weighted by atomic mass is 10.2. The lowest BCUT2D eigenvalue weighted by Gasteiger charge is -2.04. The number of aromatic nitrogens is 1. The molecular formula is C14H13NO2S. The van der Waals surface area contributed by atoms with Crippen molar-refractivity contribution in [1.82, 2.24) is 4.98 Å². The largest absolute Gasteiger partial charge is 0.452 e. The van der Waals surface area contributed by atoms with Crippen LogP contribution in [0.1, 0.15) is 11.1 Å². The Balaban J connectivity index is 1.83. The number of hydrogen-bond donors (Lipinski definition) is 0. The third-order valence-corrected chi connectivity index (χ3v) is 3.04. The molecule has 2 aromatic rings. The smallest absolute Gasteiger partial charge is 0.373 e. The Kier molecular flexibility index (Phi) is 4.36. The van der Waals surface area contributed by atoms with E-state index in [1.165, 1.54) is 5.56 Å². The summed E-state index contributed by atoms with van der Waals surface area (Å²) in [6, 6.07) is 13.3. The highest BCUT2D eigenvalue weighted by Gasteiger charge is 2.06. The van der Waals surface area contributed by atoms with Crippen molar-refractivity contribution in [2.75, 3.05) is 0 Å². The SMILES string of the molecule is Cc1ccc(COC(=O)Sc2ccccn2)cc1. The molecule has 0 spiro atoms. The molecule has 92 valence electrons. The van der Waals surface area contributed by atoms with Crippen LogP contribution < -0.4 is 0 Å². The van der Waals surface area contributed by atoms with Crippen LogP contribution in [0.4, 0.5) is 4.79 Å². The maximum atomic E-state index is 11.6. The Hall–Kier alpha value is -1.81. The number of pyridine rings is 1. The van der Waals surface area contributed by atoms with Crippen LogP contribution in [0, 0.1) is 6.92 Å². The van der Waals surface area contributed by atoms with E-state index in [9.17, 15) is 4.79 Å². The van der Waals surface area contributed by atoms with Gasteiger partial charge in [0.05, 0.1) is 0 Å². The zero-order chi connectivity index (χ0) is 12.8. The van der Waals surface area contributed by atoms with Gasteiger partial charge in [0.25, 0.3) is 0 Å². The van der Waals surface area contributed by atoms with E-state index in [1.807, 2.05) is 43.3 Å². The molecule has 1 aromatic heterocycles. The molecule has 0 aliphatic heterocycles. The topological polar surface area (TPSA) is 39.2 Å². The van der Waals surface area contributed by atoms with Crippen molar-refractivity contribution in [3.8, 4) is 0 Å². The molecule has 0 saturated heterocycles. The summed E-state index contributed by atoms with van der Waals surface area (Å²) in [7, 11) is 0. The quantitative estimate of drug-likeness (QED) is 0.620. The molecule has 4 heteroatoms. The molecule has 1 aromatic carbocycles. The van der Waals surface area contributed by atoms with Crippen molar-refractivity contribution in [2.45, 2.75) is 18.6 Å². The lowest BCUT2D eigenvalue weighted by molar-refractivity contribution is 0.168. The van der Waals surface area contributed by atoms with E-state index < -0.39 is 0 Å². The molecule has 0 unspecified atom stereocenters. The van der Waals surface area contributed by atoms with Crippen molar-refractivity contribution < 1.29 is 9.53 Å². The first-order valence-corrected chi connectivity index (χ1v) is 6.37. The number of benzene rings is 1. The Morgan fingerprint density at radius 3 is 2.67 bits per heavy atom. The van der Waals surface area contributed by atoms with Gasteiger partial charge in [0.1, 0.15) is 11.6 Å². The van der Waals surface area contributed by atoms with Crippen LogP contribution in [0.5, 0.6) is 0 Å². The average Bonchev–Trinajstić information content (AvgIpc) is 2.39. The molecule has 0 fully saturated rings. The van der Waals surface area contributed by atoms with Crippen LogP contribution in [0.3, 0.4) is 0 Å². The van der Waals surface area contributed by atoms with Gasteiger partial charge in [-0.3, -0.25) is 0 Å².